The molecular weight excluding hydrogens is 376 g/mol. The molecule has 1 heterocycles. The molecule has 0 aliphatic carbocycles. The first-order chi connectivity index (χ1) is 14.5. The van der Waals surface area contributed by atoms with Crippen LogP contribution in [0.4, 0.5) is 0 Å². The minimum Gasteiger partial charge on any atom is -0.481 e. The predicted octanol–water partition coefficient (Wildman–Crippen LogP) is 5.07. The van der Waals surface area contributed by atoms with Crippen molar-refractivity contribution in [3.05, 3.63) is 82.8 Å². The molecule has 30 heavy (non-hydrogen) atoms. The Morgan fingerprint density at radius 2 is 1.60 bits per heavy atom. The van der Waals surface area contributed by atoms with Crippen LogP contribution in [-0.2, 0) is 11.3 Å². The van der Waals surface area contributed by atoms with E-state index >= 15 is 0 Å². The van der Waals surface area contributed by atoms with Gasteiger partial charge in [0.25, 0.3) is 0 Å². The maximum Gasteiger partial charge on any atom is 0.329 e. The smallest absolute Gasteiger partial charge is 0.329 e. The summed E-state index contributed by atoms with van der Waals surface area (Å²) in [6.45, 7) is 4.54. The average molecular weight is 402 g/mol. The number of carboxylic acid groups (broad SMARTS) is 1. The molecule has 1 aromatic heterocycles. The van der Waals surface area contributed by atoms with Crippen LogP contribution in [0.15, 0.2) is 71.5 Å². The Bertz CT molecular complexity index is 1260. The van der Waals surface area contributed by atoms with E-state index in [-0.39, 0.29) is 24.1 Å². The van der Waals surface area contributed by atoms with Crippen LogP contribution in [-0.4, -0.2) is 20.2 Å². The Hall–Kier alpha value is -3.34. The SMILES string of the molecule is CC(C)CC(CC(=O)O)n1c(=O)n(Cc2cccc3ccccc23)c2ccccc21. The van der Waals surface area contributed by atoms with Crippen molar-refractivity contribution in [3.8, 4) is 0 Å². The minimum atomic E-state index is -0.890. The highest BCUT2D eigenvalue weighted by molar-refractivity contribution is 5.86. The number of fused-ring (bicyclic) bond motifs is 2. The van der Waals surface area contributed by atoms with Gasteiger partial charge in [0.15, 0.2) is 0 Å². The molecule has 1 unspecified atom stereocenters. The molecule has 154 valence electrons. The Kier molecular flexibility index (Phi) is 5.44. The number of nitrogens with zero attached hydrogens (tertiary/aromatic N) is 2. The topological polar surface area (TPSA) is 64.2 Å². The van der Waals surface area contributed by atoms with Crippen molar-refractivity contribution in [1.29, 1.82) is 0 Å². The number of carboxylic acids is 1. The van der Waals surface area contributed by atoms with Crippen LogP contribution < -0.4 is 5.69 Å². The molecule has 5 nitrogen and oxygen atoms in total. The molecule has 4 aromatic rings. The Labute approximate surface area is 175 Å². The zero-order valence-electron chi connectivity index (χ0n) is 17.3. The number of hydrogen-bond donors (Lipinski definition) is 1. The van der Waals surface area contributed by atoms with Crippen molar-refractivity contribution in [3.63, 3.8) is 0 Å². The number of aliphatic carboxylic acids is 1. The molecule has 0 radical (unpaired) electrons. The number of hydrogen-bond acceptors (Lipinski definition) is 2. The highest BCUT2D eigenvalue weighted by Crippen LogP contribution is 2.26. The molecule has 1 N–H and O–H groups in total. The van der Waals surface area contributed by atoms with Gasteiger partial charge in [0, 0.05) is 6.04 Å². The summed E-state index contributed by atoms with van der Waals surface area (Å²) in [5.74, 6) is -0.611. The Balaban J connectivity index is 1.88. The number of carbonyl (C=O) groups is 1. The standard InChI is InChI=1S/C25H26N2O3/c1-17(2)14-20(15-24(28)29)27-23-13-6-5-12-22(23)26(25(27)30)16-19-10-7-9-18-8-3-4-11-21(18)19/h3-13,17,20H,14-16H2,1-2H3,(H,28,29). The fraction of sp³-hybridized carbons (Fsp3) is 0.280. The van der Waals surface area contributed by atoms with Crippen molar-refractivity contribution in [2.75, 3.05) is 0 Å². The summed E-state index contributed by atoms with van der Waals surface area (Å²) in [5.41, 5.74) is 2.52. The molecule has 0 spiro atoms. The molecule has 5 heteroatoms. The summed E-state index contributed by atoms with van der Waals surface area (Å²) in [6.07, 6.45) is 0.564. The second-order valence-corrected chi connectivity index (χ2v) is 8.25. The zero-order chi connectivity index (χ0) is 21.3. The van der Waals surface area contributed by atoms with Crippen LogP contribution in [0.3, 0.4) is 0 Å². The summed E-state index contributed by atoms with van der Waals surface area (Å²) < 4.78 is 3.46. The lowest BCUT2D eigenvalue weighted by atomic mass is 10.0. The third-order valence-electron chi connectivity index (χ3n) is 5.60. The van der Waals surface area contributed by atoms with Gasteiger partial charge in [-0.25, -0.2) is 4.79 Å². The van der Waals surface area contributed by atoms with Gasteiger partial charge in [-0.2, -0.15) is 0 Å². The lowest BCUT2D eigenvalue weighted by Crippen LogP contribution is -2.29. The Morgan fingerprint density at radius 3 is 2.33 bits per heavy atom. The van der Waals surface area contributed by atoms with Crippen LogP contribution in [0, 0.1) is 5.92 Å². The number of rotatable bonds is 7. The van der Waals surface area contributed by atoms with Gasteiger partial charge in [-0.05, 0) is 40.8 Å². The first kappa shape index (κ1) is 20.0. The van der Waals surface area contributed by atoms with Crippen molar-refractivity contribution < 1.29 is 9.90 Å². The molecule has 4 rings (SSSR count). The third-order valence-corrected chi connectivity index (χ3v) is 5.60. The van der Waals surface area contributed by atoms with Crippen LogP contribution in [0.5, 0.6) is 0 Å². The van der Waals surface area contributed by atoms with E-state index in [2.05, 4.69) is 32.0 Å². The lowest BCUT2D eigenvalue weighted by molar-refractivity contribution is -0.138. The van der Waals surface area contributed by atoms with Crippen LogP contribution in [0.1, 0.15) is 38.3 Å². The maximum atomic E-state index is 13.6. The summed E-state index contributed by atoms with van der Waals surface area (Å²) in [6, 6.07) is 21.5. The van der Waals surface area contributed by atoms with Crippen LogP contribution in [0.25, 0.3) is 21.8 Å². The van der Waals surface area contributed by atoms with E-state index in [1.54, 1.807) is 9.13 Å². The molecule has 0 bridgehead atoms. The van der Waals surface area contributed by atoms with Gasteiger partial charge >= 0.3 is 11.7 Å². The van der Waals surface area contributed by atoms with Crippen LogP contribution >= 0.6 is 0 Å². The summed E-state index contributed by atoms with van der Waals surface area (Å²) >= 11 is 0. The van der Waals surface area contributed by atoms with Gasteiger partial charge < -0.3 is 5.11 Å². The second kappa shape index (κ2) is 8.19. The van der Waals surface area contributed by atoms with Crippen molar-refractivity contribution in [2.45, 2.75) is 39.3 Å². The number of benzene rings is 3. The van der Waals surface area contributed by atoms with Crippen molar-refractivity contribution >= 4 is 27.8 Å². The fourth-order valence-electron chi connectivity index (χ4n) is 4.36. The molecule has 0 saturated heterocycles. The van der Waals surface area contributed by atoms with E-state index < -0.39 is 5.97 Å². The molecule has 0 fully saturated rings. The largest absolute Gasteiger partial charge is 0.481 e. The van der Waals surface area contributed by atoms with Gasteiger partial charge in [-0.15, -0.1) is 0 Å². The lowest BCUT2D eigenvalue weighted by Gasteiger charge is -2.19. The Morgan fingerprint density at radius 1 is 0.933 bits per heavy atom. The molecule has 1 atom stereocenters. The monoisotopic (exact) mass is 402 g/mol. The summed E-state index contributed by atoms with van der Waals surface area (Å²) in [7, 11) is 0. The molecule has 0 aliphatic heterocycles. The van der Waals surface area contributed by atoms with Crippen molar-refractivity contribution in [1.82, 2.24) is 9.13 Å². The maximum absolute atomic E-state index is 13.6. The van der Waals surface area contributed by atoms with Crippen molar-refractivity contribution in [2.24, 2.45) is 5.92 Å². The second-order valence-electron chi connectivity index (χ2n) is 8.25. The van der Waals surface area contributed by atoms with E-state index in [4.69, 9.17) is 0 Å². The quantitative estimate of drug-likeness (QED) is 0.470. The zero-order valence-corrected chi connectivity index (χ0v) is 17.3. The molecule has 0 amide bonds. The number of para-hydroxylation sites is 2. The van der Waals surface area contributed by atoms with Gasteiger partial charge in [0.05, 0.1) is 24.0 Å². The van der Waals surface area contributed by atoms with Gasteiger partial charge in [-0.3, -0.25) is 13.9 Å². The van der Waals surface area contributed by atoms with Crippen LogP contribution in [0.2, 0.25) is 0 Å². The summed E-state index contributed by atoms with van der Waals surface area (Å²) in [5, 5.41) is 11.7. The number of aromatic nitrogens is 2. The summed E-state index contributed by atoms with van der Waals surface area (Å²) in [4.78, 5) is 25.1. The highest BCUT2D eigenvalue weighted by Gasteiger charge is 2.23. The van der Waals surface area contributed by atoms with Gasteiger partial charge in [-0.1, -0.05) is 68.4 Å². The van der Waals surface area contributed by atoms with E-state index in [1.165, 1.54) is 0 Å². The van der Waals surface area contributed by atoms with E-state index in [0.717, 1.165) is 27.4 Å². The first-order valence-electron chi connectivity index (χ1n) is 10.3. The normalized spacial score (nSPS) is 12.6. The predicted molar refractivity (Wildman–Crippen MR) is 120 cm³/mol. The molecule has 0 aliphatic rings. The first-order valence-corrected chi connectivity index (χ1v) is 10.3. The molecule has 0 saturated carbocycles. The highest BCUT2D eigenvalue weighted by atomic mass is 16.4. The van der Waals surface area contributed by atoms with Gasteiger partial charge in [0.2, 0.25) is 0 Å². The van der Waals surface area contributed by atoms with E-state index in [1.807, 2.05) is 48.5 Å². The minimum absolute atomic E-state index is 0.0691. The average Bonchev–Trinajstić information content (AvgIpc) is 2.99. The third kappa shape index (κ3) is 3.75. The van der Waals surface area contributed by atoms with Gasteiger partial charge in [0.1, 0.15) is 0 Å². The molecule has 3 aromatic carbocycles. The fourth-order valence-corrected chi connectivity index (χ4v) is 4.36. The van der Waals surface area contributed by atoms with E-state index in [0.29, 0.717) is 13.0 Å². The molecular formula is C25H26N2O3. The van der Waals surface area contributed by atoms with E-state index in [9.17, 15) is 14.7 Å². The number of imidazole rings is 1.